The Morgan fingerprint density at radius 3 is 2.55 bits per heavy atom. The average Bonchev–Trinajstić information content (AvgIpc) is 2.24. The van der Waals surface area contributed by atoms with Gasteiger partial charge < -0.3 is 15.7 Å². The van der Waals surface area contributed by atoms with Crippen LogP contribution in [0, 0.1) is 5.82 Å². The van der Waals surface area contributed by atoms with Crippen LogP contribution < -0.4 is 10.5 Å². The Kier molecular flexibility index (Phi) is 5.09. The molecule has 1 aromatic carbocycles. The van der Waals surface area contributed by atoms with Crippen molar-refractivity contribution in [3.8, 4) is 0 Å². The van der Waals surface area contributed by atoms with Gasteiger partial charge in [-0.1, -0.05) is 0 Å². The number of likely N-dealkylation sites (N-methyl/N-ethyl adjacent to an activating group) is 1. The summed E-state index contributed by atoms with van der Waals surface area (Å²) in [6, 6.07) is 3.04. The summed E-state index contributed by atoms with van der Waals surface area (Å²) in [7, 11) is -0.367. The van der Waals surface area contributed by atoms with Gasteiger partial charge in [0.2, 0.25) is 10.0 Å². The summed E-state index contributed by atoms with van der Waals surface area (Å²) in [6.45, 7) is 1.63. The maximum Gasteiger partial charge on any atom is 0.242 e. The lowest BCUT2D eigenvalue weighted by atomic mass is 10.1. The van der Waals surface area contributed by atoms with E-state index in [0.717, 1.165) is 18.2 Å². The van der Waals surface area contributed by atoms with Gasteiger partial charge in [0.1, 0.15) is 10.7 Å². The minimum absolute atomic E-state index is 0.176. The van der Waals surface area contributed by atoms with Gasteiger partial charge in [-0.05, 0) is 39.2 Å². The number of sulfonamides is 1. The van der Waals surface area contributed by atoms with E-state index in [2.05, 4.69) is 4.72 Å². The van der Waals surface area contributed by atoms with Crippen molar-refractivity contribution in [1.82, 2.24) is 9.62 Å². The molecule has 0 amide bonds. The topological polar surface area (TPSA) is 95.7 Å². The Hall–Kier alpha value is -1.22. The fourth-order valence-corrected chi connectivity index (χ4v) is 3.10. The summed E-state index contributed by atoms with van der Waals surface area (Å²) in [5, 5.41) is 10.0. The summed E-state index contributed by atoms with van der Waals surface area (Å²) in [6.07, 6.45) is 0. The lowest BCUT2D eigenvalue weighted by molar-refractivity contribution is 0.0386. The van der Waals surface area contributed by atoms with E-state index in [4.69, 9.17) is 5.73 Å². The molecule has 0 saturated carbocycles. The summed E-state index contributed by atoms with van der Waals surface area (Å²) in [5.74, 6) is -0.610. The molecule has 4 N–H and O–H groups in total. The second-order valence-corrected chi connectivity index (χ2v) is 6.98. The summed E-state index contributed by atoms with van der Waals surface area (Å²) in [5.41, 5.74) is 4.09. The zero-order valence-electron chi connectivity index (χ0n) is 11.7. The smallest absolute Gasteiger partial charge is 0.242 e. The van der Waals surface area contributed by atoms with E-state index in [-0.39, 0.29) is 23.7 Å². The minimum Gasteiger partial charge on any atom is -0.398 e. The van der Waals surface area contributed by atoms with Gasteiger partial charge in [0.25, 0.3) is 0 Å². The molecule has 0 radical (unpaired) electrons. The van der Waals surface area contributed by atoms with Crippen molar-refractivity contribution in [2.45, 2.75) is 17.4 Å². The largest absolute Gasteiger partial charge is 0.398 e. The second kappa shape index (κ2) is 6.04. The van der Waals surface area contributed by atoms with Gasteiger partial charge in [0.05, 0.1) is 11.3 Å². The predicted molar refractivity (Wildman–Crippen MR) is 75.2 cm³/mol. The monoisotopic (exact) mass is 305 g/mol. The molecule has 8 heteroatoms. The van der Waals surface area contributed by atoms with Crippen LogP contribution in [0.25, 0.3) is 0 Å². The lowest BCUT2D eigenvalue weighted by Crippen LogP contribution is -2.47. The van der Waals surface area contributed by atoms with E-state index >= 15 is 0 Å². The van der Waals surface area contributed by atoms with E-state index in [9.17, 15) is 17.9 Å². The van der Waals surface area contributed by atoms with E-state index in [0.29, 0.717) is 0 Å². The van der Waals surface area contributed by atoms with Crippen LogP contribution in [0.1, 0.15) is 6.92 Å². The third kappa shape index (κ3) is 4.71. The number of nitrogen functional groups attached to an aromatic ring is 1. The molecule has 20 heavy (non-hydrogen) atoms. The van der Waals surface area contributed by atoms with Gasteiger partial charge in [-0.2, -0.15) is 0 Å². The fourth-order valence-electron chi connectivity index (χ4n) is 1.83. The first kappa shape index (κ1) is 16.8. The third-order valence-corrected chi connectivity index (χ3v) is 4.04. The normalized spacial score (nSPS) is 15.3. The summed E-state index contributed by atoms with van der Waals surface area (Å²) < 4.78 is 39.3. The van der Waals surface area contributed by atoms with Crippen LogP contribution in [0.5, 0.6) is 0 Å². The van der Waals surface area contributed by atoms with Crippen molar-refractivity contribution in [1.29, 1.82) is 0 Å². The number of hydrogen-bond donors (Lipinski definition) is 3. The van der Waals surface area contributed by atoms with Crippen molar-refractivity contribution in [2.24, 2.45) is 0 Å². The number of nitrogens with two attached hydrogens (primary N) is 1. The van der Waals surface area contributed by atoms with Crippen molar-refractivity contribution in [2.75, 3.05) is 32.9 Å². The zero-order chi connectivity index (χ0) is 15.6. The maximum atomic E-state index is 12.9. The molecule has 0 heterocycles. The number of aliphatic hydroxyl groups is 1. The van der Waals surface area contributed by atoms with E-state index < -0.39 is 21.4 Å². The molecule has 114 valence electrons. The van der Waals surface area contributed by atoms with Gasteiger partial charge in [-0.25, -0.2) is 17.5 Å². The van der Waals surface area contributed by atoms with Crippen LogP contribution in [-0.4, -0.2) is 51.2 Å². The number of benzene rings is 1. The first-order valence-corrected chi connectivity index (χ1v) is 7.44. The molecule has 1 rings (SSSR count). The van der Waals surface area contributed by atoms with Crippen LogP contribution in [0.4, 0.5) is 10.1 Å². The Balaban J connectivity index is 2.85. The predicted octanol–water partition coefficient (Wildman–Crippen LogP) is -0.00120. The quantitative estimate of drug-likeness (QED) is 0.643. The van der Waals surface area contributed by atoms with Gasteiger partial charge in [-0.3, -0.25) is 0 Å². The molecule has 1 aromatic rings. The van der Waals surface area contributed by atoms with Gasteiger partial charge in [-0.15, -0.1) is 0 Å². The Bertz CT molecular complexity index is 573. The standard InChI is InChI=1S/C12H20FN3O3S/c1-12(17,8-16(2)3)7-15-20(18,19)11-5-4-9(13)6-10(11)14/h4-6,15,17H,7-8,14H2,1-3H3. The van der Waals surface area contributed by atoms with Crippen molar-refractivity contribution < 1.29 is 17.9 Å². The van der Waals surface area contributed by atoms with Crippen molar-refractivity contribution in [3.05, 3.63) is 24.0 Å². The number of halogens is 1. The molecule has 6 nitrogen and oxygen atoms in total. The highest BCUT2D eigenvalue weighted by molar-refractivity contribution is 7.89. The highest BCUT2D eigenvalue weighted by Gasteiger charge is 2.26. The molecule has 0 aliphatic rings. The fraction of sp³-hybridized carbons (Fsp3) is 0.500. The highest BCUT2D eigenvalue weighted by atomic mass is 32.2. The van der Waals surface area contributed by atoms with Gasteiger partial charge in [0, 0.05) is 13.1 Å². The van der Waals surface area contributed by atoms with E-state index in [1.165, 1.54) is 6.92 Å². The molecule has 0 spiro atoms. The van der Waals surface area contributed by atoms with Gasteiger partial charge >= 0.3 is 0 Å². The van der Waals surface area contributed by atoms with Gasteiger partial charge in [0.15, 0.2) is 0 Å². The third-order valence-electron chi connectivity index (χ3n) is 2.56. The molecule has 1 unspecified atom stereocenters. The minimum atomic E-state index is -3.90. The summed E-state index contributed by atoms with van der Waals surface area (Å²) in [4.78, 5) is 1.53. The average molecular weight is 305 g/mol. The first-order chi connectivity index (χ1) is 9.03. The molecule has 0 bridgehead atoms. The van der Waals surface area contributed by atoms with E-state index in [1.54, 1.807) is 19.0 Å². The SMILES string of the molecule is CN(C)CC(C)(O)CNS(=O)(=O)c1ccc(F)cc1N. The Labute approximate surface area is 118 Å². The van der Waals surface area contributed by atoms with Crippen LogP contribution in [0.15, 0.2) is 23.1 Å². The van der Waals surface area contributed by atoms with Crippen LogP contribution in [-0.2, 0) is 10.0 Å². The van der Waals surface area contributed by atoms with Crippen molar-refractivity contribution >= 4 is 15.7 Å². The molecule has 0 aliphatic heterocycles. The number of nitrogens with zero attached hydrogens (tertiary/aromatic N) is 1. The maximum absolute atomic E-state index is 12.9. The molecule has 0 saturated heterocycles. The van der Waals surface area contributed by atoms with Crippen LogP contribution >= 0.6 is 0 Å². The lowest BCUT2D eigenvalue weighted by Gasteiger charge is -2.27. The summed E-state index contributed by atoms with van der Waals surface area (Å²) >= 11 is 0. The Morgan fingerprint density at radius 2 is 2.05 bits per heavy atom. The molecular formula is C12H20FN3O3S. The number of anilines is 1. The van der Waals surface area contributed by atoms with E-state index in [1.807, 2.05) is 0 Å². The van der Waals surface area contributed by atoms with Crippen molar-refractivity contribution in [3.63, 3.8) is 0 Å². The first-order valence-electron chi connectivity index (χ1n) is 5.95. The number of hydrogen-bond acceptors (Lipinski definition) is 5. The number of rotatable bonds is 6. The Morgan fingerprint density at radius 1 is 1.45 bits per heavy atom. The molecular weight excluding hydrogens is 285 g/mol. The zero-order valence-corrected chi connectivity index (χ0v) is 12.5. The number of nitrogens with one attached hydrogen (secondary N) is 1. The van der Waals surface area contributed by atoms with Crippen LogP contribution in [0.2, 0.25) is 0 Å². The highest BCUT2D eigenvalue weighted by Crippen LogP contribution is 2.19. The van der Waals surface area contributed by atoms with Crippen LogP contribution in [0.3, 0.4) is 0 Å². The molecule has 0 aromatic heterocycles. The molecule has 1 atom stereocenters. The second-order valence-electron chi connectivity index (χ2n) is 5.24. The molecule has 0 aliphatic carbocycles. The molecule has 0 fully saturated rings.